The van der Waals surface area contributed by atoms with E-state index >= 15 is 0 Å². The SMILES string of the molecule is COc1ccc2c(Oc3ccc(/C=C/C(=O)O)cc3)c(C(=O)c3cc(F)ccc3C)sc2c1. The standard InChI is InChI=1S/C26H19FO5S/c1-15-3-7-17(27)13-21(15)24(30)26-25(20-11-10-19(31-2)14-22(20)33-26)32-18-8-4-16(5-9-18)6-12-23(28)29/h3-14H,1-2H3,(H,28,29)/b12-6+. The fraction of sp³-hybridized carbons (Fsp3) is 0.0769. The second-order valence-corrected chi connectivity index (χ2v) is 8.31. The fourth-order valence-corrected chi connectivity index (χ4v) is 4.44. The van der Waals surface area contributed by atoms with Crippen LogP contribution in [-0.2, 0) is 4.79 Å². The van der Waals surface area contributed by atoms with Crippen molar-refractivity contribution in [2.75, 3.05) is 7.11 Å². The molecule has 0 aliphatic carbocycles. The maximum atomic E-state index is 13.9. The van der Waals surface area contributed by atoms with Crippen molar-refractivity contribution in [1.29, 1.82) is 0 Å². The summed E-state index contributed by atoms with van der Waals surface area (Å²) in [4.78, 5) is 24.5. The molecule has 1 heterocycles. The van der Waals surface area contributed by atoms with E-state index in [1.54, 1.807) is 50.4 Å². The highest BCUT2D eigenvalue weighted by atomic mass is 32.1. The normalized spacial score (nSPS) is 11.1. The average molecular weight is 462 g/mol. The molecule has 1 N–H and O–H groups in total. The highest BCUT2D eigenvalue weighted by Gasteiger charge is 2.24. The van der Waals surface area contributed by atoms with Crippen molar-refractivity contribution in [1.82, 2.24) is 0 Å². The lowest BCUT2D eigenvalue weighted by Crippen LogP contribution is -2.04. The number of carboxylic acid groups (broad SMARTS) is 1. The number of carbonyl (C=O) groups excluding carboxylic acids is 1. The zero-order valence-electron chi connectivity index (χ0n) is 17.8. The molecule has 0 bridgehead atoms. The number of aryl methyl sites for hydroxylation is 1. The number of fused-ring (bicyclic) bond motifs is 1. The molecule has 0 fully saturated rings. The molecule has 4 rings (SSSR count). The van der Waals surface area contributed by atoms with Crippen molar-refractivity contribution >= 4 is 39.3 Å². The summed E-state index contributed by atoms with van der Waals surface area (Å²) in [5, 5.41) is 9.51. The highest BCUT2D eigenvalue weighted by Crippen LogP contribution is 2.43. The third kappa shape index (κ3) is 4.78. The van der Waals surface area contributed by atoms with Gasteiger partial charge in [-0.05, 0) is 66.6 Å². The molecule has 0 amide bonds. The lowest BCUT2D eigenvalue weighted by Gasteiger charge is -2.09. The molecule has 0 radical (unpaired) electrons. The number of methoxy groups -OCH3 is 1. The van der Waals surface area contributed by atoms with Gasteiger partial charge < -0.3 is 14.6 Å². The Hall–Kier alpha value is -3.97. The van der Waals surface area contributed by atoms with E-state index in [4.69, 9.17) is 14.6 Å². The van der Waals surface area contributed by atoms with Crippen LogP contribution in [0, 0.1) is 12.7 Å². The predicted octanol–water partition coefficient (Wildman–Crippen LogP) is 6.48. The summed E-state index contributed by atoms with van der Waals surface area (Å²) in [6.07, 6.45) is 2.52. The molecule has 166 valence electrons. The molecule has 4 aromatic rings. The largest absolute Gasteiger partial charge is 0.497 e. The zero-order valence-corrected chi connectivity index (χ0v) is 18.6. The smallest absolute Gasteiger partial charge is 0.328 e. The second kappa shape index (κ2) is 9.26. The Kier molecular flexibility index (Phi) is 6.24. The van der Waals surface area contributed by atoms with Crippen LogP contribution in [0.3, 0.4) is 0 Å². The third-order valence-electron chi connectivity index (χ3n) is 5.02. The van der Waals surface area contributed by atoms with E-state index < -0.39 is 11.8 Å². The molecule has 7 heteroatoms. The summed E-state index contributed by atoms with van der Waals surface area (Å²) < 4.78 is 26.1. The summed E-state index contributed by atoms with van der Waals surface area (Å²) >= 11 is 1.25. The molecule has 0 saturated heterocycles. The fourth-order valence-electron chi connectivity index (χ4n) is 3.32. The zero-order chi connectivity index (χ0) is 23.5. The van der Waals surface area contributed by atoms with Crippen molar-refractivity contribution in [3.05, 3.63) is 94.1 Å². The van der Waals surface area contributed by atoms with Crippen molar-refractivity contribution in [2.24, 2.45) is 0 Å². The first kappa shape index (κ1) is 22.2. The molecule has 33 heavy (non-hydrogen) atoms. The topological polar surface area (TPSA) is 72.8 Å². The van der Waals surface area contributed by atoms with Gasteiger partial charge in [0.05, 0.1) is 7.11 Å². The Labute approximate surface area is 193 Å². The van der Waals surface area contributed by atoms with Crippen LogP contribution in [0.1, 0.15) is 26.4 Å². The summed E-state index contributed by atoms with van der Waals surface area (Å²) in [6.45, 7) is 1.76. The van der Waals surface area contributed by atoms with Gasteiger partial charge in [0.25, 0.3) is 0 Å². The van der Waals surface area contributed by atoms with E-state index in [1.807, 2.05) is 12.1 Å². The molecule has 0 spiro atoms. The second-order valence-electron chi connectivity index (χ2n) is 7.25. The average Bonchev–Trinajstić information content (AvgIpc) is 3.17. The number of aliphatic carboxylic acids is 1. The Balaban J connectivity index is 1.78. The number of halogens is 1. The van der Waals surface area contributed by atoms with Crippen molar-refractivity contribution in [3.8, 4) is 17.2 Å². The molecule has 0 unspecified atom stereocenters. The Morgan fingerprint density at radius 1 is 1.00 bits per heavy atom. The Morgan fingerprint density at radius 2 is 1.73 bits per heavy atom. The molecule has 3 aromatic carbocycles. The first-order valence-corrected chi connectivity index (χ1v) is 10.8. The number of carboxylic acids is 1. The van der Waals surface area contributed by atoms with Crippen LogP contribution in [0.15, 0.2) is 66.7 Å². The lowest BCUT2D eigenvalue weighted by molar-refractivity contribution is -0.131. The van der Waals surface area contributed by atoms with Crippen LogP contribution in [-0.4, -0.2) is 24.0 Å². The molecule has 0 aliphatic heterocycles. The van der Waals surface area contributed by atoms with E-state index in [-0.39, 0.29) is 11.3 Å². The number of ketones is 1. The van der Waals surface area contributed by atoms with Gasteiger partial charge >= 0.3 is 5.97 Å². The number of benzene rings is 3. The summed E-state index contributed by atoms with van der Waals surface area (Å²) in [6, 6.07) is 16.4. The van der Waals surface area contributed by atoms with Gasteiger partial charge in [-0.3, -0.25) is 4.79 Å². The molecule has 0 atom stereocenters. The monoisotopic (exact) mass is 462 g/mol. The highest BCUT2D eigenvalue weighted by molar-refractivity contribution is 7.21. The minimum atomic E-state index is -1.04. The predicted molar refractivity (Wildman–Crippen MR) is 126 cm³/mol. The molecule has 0 saturated carbocycles. The van der Waals surface area contributed by atoms with E-state index in [0.717, 1.165) is 16.2 Å². The molecular formula is C26H19FO5S. The van der Waals surface area contributed by atoms with Gasteiger partial charge in [-0.25, -0.2) is 9.18 Å². The molecule has 1 aromatic heterocycles. The van der Waals surface area contributed by atoms with Crippen LogP contribution < -0.4 is 9.47 Å². The summed E-state index contributed by atoms with van der Waals surface area (Å²) in [5.41, 5.74) is 1.63. The van der Waals surface area contributed by atoms with Crippen LogP contribution >= 0.6 is 11.3 Å². The van der Waals surface area contributed by atoms with Crippen LogP contribution in [0.5, 0.6) is 17.2 Å². The number of rotatable bonds is 7. The molecule has 5 nitrogen and oxygen atoms in total. The van der Waals surface area contributed by atoms with E-state index in [2.05, 4.69) is 0 Å². The third-order valence-corrected chi connectivity index (χ3v) is 6.15. The minimum absolute atomic E-state index is 0.271. The maximum Gasteiger partial charge on any atom is 0.328 e. The van der Waals surface area contributed by atoms with Crippen LogP contribution in [0.2, 0.25) is 0 Å². The number of hydrogen-bond donors (Lipinski definition) is 1. The minimum Gasteiger partial charge on any atom is -0.497 e. The number of carbonyl (C=O) groups is 2. The lowest BCUT2D eigenvalue weighted by atomic mass is 10.0. The maximum absolute atomic E-state index is 13.9. The summed E-state index contributed by atoms with van der Waals surface area (Å²) in [5.74, 6) is -0.359. The van der Waals surface area contributed by atoms with E-state index in [9.17, 15) is 14.0 Å². The van der Waals surface area contributed by atoms with Crippen molar-refractivity contribution in [2.45, 2.75) is 6.92 Å². The van der Waals surface area contributed by atoms with Gasteiger partial charge in [-0.15, -0.1) is 11.3 Å². The van der Waals surface area contributed by atoms with Crippen molar-refractivity contribution in [3.63, 3.8) is 0 Å². The quantitative estimate of drug-likeness (QED) is 0.251. The van der Waals surface area contributed by atoms with Crippen LogP contribution in [0.25, 0.3) is 16.2 Å². The van der Waals surface area contributed by atoms with Gasteiger partial charge in [-0.2, -0.15) is 0 Å². The van der Waals surface area contributed by atoms with E-state index in [1.165, 1.54) is 29.5 Å². The number of thiophene rings is 1. The molecule has 0 aliphatic rings. The molecular weight excluding hydrogens is 443 g/mol. The summed E-state index contributed by atoms with van der Waals surface area (Å²) in [7, 11) is 1.56. The Morgan fingerprint density at radius 3 is 2.42 bits per heavy atom. The van der Waals surface area contributed by atoms with Crippen LogP contribution in [0.4, 0.5) is 4.39 Å². The number of ether oxygens (including phenoxy) is 2. The van der Waals surface area contributed by atoms with Gasteiger partial charge in [0, 0.05) is 21.7 Å². The van der Waals surface area contributed by atoms with Gasteiger partial charge in [0.15, 0.2) is 5.75 Å². The number of hydrogen-bond acceptors (Lipinski definition) is 5. The first-order valence-electron chi connectivity index (χ1n) is 9.96. The van der Waals surface area contributed by atoms with Crippen molar-refractivity contribution < 1.29 is 28.6 Å². The van der Waals surface area contributed by atoms with Gasteiger partial charge in [0.1, 0.15) is 22.2 Å². The van der Waals surface area contributed by atoms with E-state index in [0.29, 0.717) is 33.3 Å². The first-order chi connectivity index (χ1) is 15.9. The van der Waals surface area contributed by atoms with Gasteiger partial charge in [0.2, 0.25) is 5.78 Å². The van der Waals surface area contributed by atoms with Gasteiger partial charge in [-0.1, -0.05) is 18.2 Å². The Bertz CT molecular complexity index is 1390.